The highest BCUT2D eigenvalue weighted by Crippen LogP contribution is 2.27. The molecule has 1 atom stereocenters. The van der Waals surface area contributed by atoms with Gasteiger partial charge in [0.15, 0.2) is 17.7 Å². The summed E-state index contributed by atoms with van der Waals surface area (Å²) in [5.41, 5.74) is 0. The zero-order valence-corrected chi connectivity index (χ0v) is 16.6. The standard InChI is InChI=1S/C20H19Cl2F2NO3/c1-12(27-15-3-4-16(21)17(22)11-15)20(26)25-8-6-14(7-9-25)28-19-5-2-13(23)10-18(19)24/h2-5,10-12,14H,6-9H2,1H3/t12-/m0/s1. The molecule has 1 heterocycles. The van der Waals surface area contributed by atoms with Crippen molar-refractivity contribution >= 4 is 29.1 Å². The van der Waals surface area contributed by atoms with E-state index in [9.17, 15) is 13.6 Å². The number of hydrogen-bond donors (Lipinski definition) is 0. The fourth-order valence-corrected chi connectivity index (χ4v) is 3.29. The van der Waals surface area contributed by atoms with Crippen molar-refractivity contribution < 1.29 is 23.0 Å². The zero-order chi connectivity index (χ0) is 20.3. The number of halogens is 4. The molecule has 1 amide bonds. The van der Waals surface area contributed by atoms with Crippen LogP contribution < -0.4 is 9.47 Å². The van der Waals surface area contributed by atoms with Gasteiger partial charge in [-0.15, -0.1) is 0 Å². The van der Waals surface area contributed by atoms with Crippen LogP contribution in [0.4, 0.5) is 8.78 Å². The first-order valence-corrected chi connectivity index (χ1v) is 9.61. The van der Waals surface area contributed by atoms with Crippen LogP contribution in [0, 0.1) is 11.6 Å². The number of carbonyl (C=O) groups excluding carboxylic acids is 1. The Morgan fingerprint density at radius 1 is 1.11 bits per heavy atom. The molecule has 0 aromatic heterocycles. The lowest BCUT2D eigenvalue weighted by molar-refractivity contribution is -0.139. The van der Waals surface area contributed by atoms with E-state index in [-0.39, 0.29) is 17.8 Å². The largest absolute Gasteiger partial charge is 0.487 e. The van der Waals surface area contributed by atoms with Crippen LogP contribution in [0.25, 0.3) is 0 Å². The number of ether oxygens (including phenoxy) is 2. The third kappa shape index (κ3) is 5.06. The van der Waals surface area contributed by atoms with Gasteiger partial charge < -0.3 is 14.4 Å². The van der Waals surface area contributed by atoms with Crippen molar-refractivity contribution in [1.82, 2.24) is 4.90 Å². The van der Waals surface area contributed by atoms with E-state index in [2.05, 4.69) is 0 Å². The summed E-state index contributed by atoms with van der Waals surface area (Å²) in [6.45, 7) is 2.59. The molecule has 4 nitrogen and oxygen atoms in total. The van der Waals surface area contributed by atoms with Gasteiger partial charge in [0.1, 0.15) is 17.7 Å². The Hall–Kier alpha value is -2.05. The maximum atomic E-state index is 13.7. The van der Waals surface area contributed by atoms with Gasteiger partial charge in [0.25, 0.3) is 5.91 Å². The lowest BCUT2D eigenvalue weighted by atomic mass is 10.1. The molecule has 0 spiro atoms. The first-order valence-electron chi connectivity index (χ1n) is 8.85. The number of hydrogen-bond acceptors (Lipinski definition) is 3. The van der Waals surface area contributed by atoms with E-state index < -0.39 is 17.7 Å². The van der Waals surface area contributed by atoms with E-state index in [1.807, 2.05) is 0 Å². The fraction of sp³-hybridized carbons (Fsp3) is 0.350. The molecule has 0 aliphatic carbocycles. The van der Waals surface area contributed by atoms with Crippen molar-refractivity contribution in [2.45, 2.75) is 32.0 Å². The smallest absolute Gasteiger partial charge is 0.263 e. The van der Waals surface area contributed by atoms with Gasteiger partial charge >= 0.3 is 0 Å². The van der Waals surface area contributed by atoms with Crippen LogP contribution in [0.2, 0.25) is 10.0 Å². The molecular weight excluding hydrogens is 411 g/mol. The van der Waals surface area contributed by atoms with Crippen LogP contribution in [-0.2, 0) is 4.79 Å². The molecule has 0 saturated carbocycles. The van der Waals surface area contributed by atoms with Crippen LogP contribution >= 0.6 is 23.2 Å². The lowest BCUT2D eigenvalue weighted by Crippen LogP contribution is -2.46. The Morgan fingerprint density at radius 3 is 2.46 bits per heavy atom. The number of rotatable bonds is 5. The predicted octanol–water partition coefficient (Wildman–Crippen LogP) is 5.11. The van der Waals surface area contributed by atoms with Gasteiger partial charge in [-0.25, -0.2) is 8.78 Å². The average Bonchev–Trinajstić information content (AvgIpc) is 2.67. The molecule has 0 N–H and O–H groups in total. The normalized spacial score (nSPS) is 16.0. The molecule has 1 aliphatic heterocycles. The summed E-state index contributed by atoms with van der Waals surface area (Å²) in [4.78, 5) is 14.3. The summed E-state index contributed by atoms with van der Waals surface area (Å²) in [5, 5.41) is 0.762. The van der Waals surface area contributed by atoms with Crippen LogP contribution in [0.1, 0.15) is 19.8 Å². The summed E-state index contributed by atoms with van der Waals surface area (Å²) >= 11 is 11.8. The number of nitrogens with zero attached hydrogens (tertiary/aromatic N) is 1. The first-order chi connectivity index (χ1) is 13.3. The molecule has 0 unspecified atom stereocenters. The van der Waals surface area contributed by atoms with Gasteiger partial charge in [0, 0.05) is 38.1 Å². The molecule has 1 saturated heterocycles. The second-order valence-electron chi connectivity index (χ2n) is 6.55. The Morgan fingerprint density at radius 2 is 1.82 bits per heavy atom. The summed E-state index contributed by atoms with van der Waals surface area (Å²) in [6, 6.07) is 8.03. The van der Waals surface area contributed by atoms with Crippen LogP contribution in [0.15, 0.2) is 36.4 Å². The van der Waals surface area contributed by atoms with E-state index in [0.717, 1.165) is 12.1 Å². The molecule has 2 aromatic carbocycles. The van der Waals surface area contributed by atoms with Crippen molar-refractivity contribution in [2.24, 2.45) is 0 Å². The Kier molecular flexibility index (Phi) is 6.62. The summed E-state index contributed by atoms with van der Waals surface area (Å²) < 4.78 is 38.0. The van der Waals surface area contributed by atoms with Crippen LogP contribution in [-0.4, -0.2) is 36.1 Å². The fourth-order valence-electron chi connectivity index (χ4n) is 3.01. The third-order valence-corrected chi connectivity index (χ3v) is 5.23. The minimum Gasteiger partial charge on any atom is -0.487 e. The monoisotopic (exact) mass is 429 g/mol. The topological polar surface area (TPSA) is 38.8 Å². The van der Waals surface area contributed by atoms with Crippen molar-refractivity contribution in [3.63, 3.8) is 0 Å². The van der Waals surface area contributed by atoms with Crippen LogP contribution in [0.5, 0.6) is 11.5 Å². The van der Waals surface area contributed by atoms with E-state index in [0.29, 0.717) is 41.7 Å². The Labute approximate surface area is 171 Å². The molecule has 0 bridgehead atoms. The van der Waals surface area contributed by atoms with E-state index in [4.69, 9.17) is 32.7 Å². The minimum absolute atomic E-state index is 0.0162. The van der Waals surface area contributed by atoms with Gasteiger partial charge in [-0.3, -0.25) is 4.79 Å². The molecule has 0 radical (unpaired) electrons. The average molecular weight is 430 g/mol. The Balaban J connectivity index is 1.52. The first kappa shape index (κ1) is 20.7. The van der Waals surface area contributed by atoms with E-state index in [1.54, 1.807) is 30.0 Å². The van der Waals surface area contributed by atoms with Gasteiger partial charge in [-0.05, 0) is 31.2 Å². The Bertz CT molecular complexity index is 857. The molecule has 1 fully saturated rings. The highest BCUT2D eigenvalue weighted by Gasteiger charge is 2.28. The molecule has 150 valence electrons. The van der Waals surface area contributed by atoms with Gasteiger partial charge in [-0.1, -0.05) is 23.2 Å². The molecule has 2 aromatic rings. The summed E-state index contributed by atoms with van der Waals surface area (Å²) in [6.07, 6.45) is 0.156. The van der Waals surface area contributed by atoms with Gasteiger partial charge in [0.2, 0.25) is 0 Å². The minimum atomic E-state index is -0.734. The number of amides is 1. The predicted molar refractivity (Wildman–Crippen MR) is 103 cm³/mol. The van der Waals surface area contributed by atoms with Crippen LogP contribution in [0.3, 0.4) is 0 Å². The van der Waals surface area contributed by atoms with Gasteiger partial charge in [0.05, 0.1) is 10.0 Å². The molecule has 3 rings (SSSR count). The highest BCUT2D eigenvalue weighted by atomic mass is 35.5. The second kappa shape index (κ2) is 8.97. The van der Waals surface area contributed by atoms with Crippen molar-refractivity contribution in [3.8, 4) is 11.5 Å². The summed E-state index contributed by atoms with van der Waals surface area (Å²) in [5.74, 6) is -1.07. The number of likely N-dealkylation sites (tertiary alicyclic amines) is 1. The zero-order valence-electron chi connectivity index (χ0n) is 15.1. The maximum Gasteiger partial charge on any atom is 0.263 e. The molecule has 8 heteroatoms. The lowest BCUT2D eigenvalue weighted by Gasteiger charge is -2.33. The van der Waals surface area contributed by atoms with Crippen molar-refractivity contribution in [3.05, 3.63) is 58.1 Å². The molecule has 1 aliphatic rings. The SMILES string of the molecule is C[C@H](Oc1ccc(Cl)c(Cl)c1)C(=O)N1CCC(Oc2ccc(F)cc2F)CC1. The quantitative estimate of drug-likeness (QED) is 0.662. The van der Waals surface area contributed by atoms with E-state index >= 15 is 0 Å². The highest BCUT2D eigenvalue weighted by molar-refractivity contribution is 6.42. The maximum absolute atomic E-state index is 13.7. The summed E-state index contributed by atoms with van der Waals surface area (Å²) in [7, 11) is 0. The number of carbonyl (C=O) groups is 1. The second-order valence-corrected chi connectivity index (χ2v) is 7.37. The molecule has 28 heavy (non-hydrogen) atoms. The van der Waals surface area contributed by atoms with E-state index in [1.165, 1.54) is 6.07 Å². The molecular formula is C20H19Cl2F2NO3. The third-order valence-electron chi connectivity index (χ3n) is 4.49. The van der Waals surface area contributed by atoms with Gasteiger partial charge in [-0.2, -0.15) is 0 Å². The number of benzene rings is 2. The number of piperidine rings is 1. The van der Waals surface area contributed by atoms with Crippen molar-refractivity contribution in [1.29, 1.82) is 0 Å². The van der Waals surface area contributed by atoms with Crippen molar-refractivity contribution in [2.75, 3.05) is 13.1 Å².